The molecule has 0 radical (unpaired) electrons. The molecule has 0 aromatic rings. The first-order valence-corrected chi connectivity index (χ1v) is 7.27. The van der Waals surface area contributed by atoms with E-state index in [0.29, 0.717) is 19.3 Å². The third-order valence-electron chi connectivity index (χ3n) is 4.73. The Morgan fingerprint density at radius 3 is 2.23 bits per heavy atom. The number of hydrogen-bond acceptors (Lipinski definition) is 2. The number of alkyl halides is 2. The van der Waals surface area contributed by atoms with Crippen LogP contribution in [0.15, 0.2) is 24.6 Å². The van der Waals surface area contributed by atoms with Crippen LogP contribution in [0.5, 0.6) is 0 Å². The Balaban J connectivity index is 3.27. The van der Waals surface area contributed by atoms with Crippen molar-refractivity contribution in [2.45, 2.75) is 57.5 Å². The summed E-state index contributed by atoms with van der Waals surface area (Å²) in [4.78, 5) is 4.30. The van der Waals surface area contributed by atoms with Gasteiger partial charge in [0.2, 0.25) is 5.83 Å². The lowest BCUT2D eigenvalue weighted by molar-refractivity contribution is -0.331. The SMILES string of the molecule is C=CCC(C(OO)C1(CC)CCCC1)C(F)(F)C(F)=C(F)F. The summed E-state index contributed by atoms with van der Waals surface area (Å²) in [6.45, 7) is 5.07. The largest absolute Gasteiger partial charge is 0.309 e. The average Bonchev–Trinajstić information content (AvgIpc) is 2.96. The second-order valence-corrected chi connectivity index (χ2v) is 5.78. The standard InChI is InChI=1S/C15H21F5O2/c1-3-7-10(15(19,20)11(16)13(17)18)12(22-21)14(4-2)8-5-6-9-14/h3,10,12,21H,1,4-9H2,2H3. The summed E-state index contributed by atoms with van der Waals surface area (Å²) in [6.07, 6.45) is -0.903. The van der Waals surface area contributed by atoms with E-state index in [1.807, 2.05) is 0 Å². The molecule has 1 aliphatic rings. The van der Waals surface area contributed by atoms with Crippen molar-refractivity contribution in [2.24, 2.45) is 11.3 Å². The van der Waals surface area contributed by atoms with E-state index in [1.54, 1.807) is 6.92 Å². The Morgan fingerprint density at radius 1 is 1.32 bits per heavy atom. The Labute approximate surface area is 126 Å². The fourth-order valence-electron chi connectivity index (χ4n) is 3.46. The average molecular weight is 328 g/mol. The van der Waals surface area contributed by atoms with E-state index in [1.165, 1.54) is 0 Å². The van der Waals surface area contributed by atoms with E-state index in [4.69, 9.17) is 5.26 Å². The molecular formula is C15H21F5O2. The molecule has 1 N–H and O–H groups in total. The molecule has 22 heavy (non-hydrogen) atoms. The van der Waals surface area contributed by atoms with Crippen molar-refractivity contribution in [1.82, 2.24) is 0 Å². The van der Waals surface area contributed by atoms with Gasteiger partial charge in [-0.1, -0.05) is 25.8 Å². The lowest BCUT2D eigenvalue weighted by atomic mass is 9.70. The number of allylic oxidation sites excluding steroid dienone is 2. The van der Waals surface area contributed by atoms with Gasteiger partial charge in [-0.25, -0.2) is 4.89 Å². The van der Waals surface area contributed by atoms with Crippen LogP contribution in [0.4, 0.5) is 22.0 Å². The zero-order valence-electron chi connectivity index (χ0n) is 12.4. The highest BCUT2D eigenvalue weighted by Crippen LogP contribution is 2.52. The minimum atomic E-state index is -4.44. The second-order valence-electron chi connectivity index (χ2n) is 5.78. The van der Waals surface area contributed by atoms with Crippen molar-refractivity contribution in [1.29, 1.82) is 0 Å². The maximum atomic E-state index is 14.2. The minimum absolute atomic E-state index is 0.422. The molecular weight excluding hydrogens is 307 g/mol. The van der Waals surface area contributed by atoms with E-state index in [2.05, 4.69) is 11.5 Å². The van der Waals surface area contributed by atoms with E-state index < -0.39 is 41.7 Å². The predicted molar refractivity (Wildman–Crippen MR) is 72.3 cm³/mol. The number of rotatable bonds is 8. The fraction of sp³-hybridized carbons (Fsp3) is 0.733. The van der Waals surface area contributed by atoms with Crippen molar-refractivity contribution in [3.63, 3.8) is 0 Å². The summed E-state index contributed by atoms with van der Waals surface area (Å²) in [5.41, 5.74) is -0.779. The summed E-state index contributed by atoms with van der Waals surface area (Å²) in [5.74, 6) is -9.16. The summed E-state index contributed by atoms with van der Waals surface area (Å²) in [5, 5.41) is 9.17. The van der Waals surface area contributed by atoms with Gasteiger partial charge in [0.25, 0.3) is 0 Å². The molecule has 7 heteroatoms. The van der Waals surface area contributed by atoms with Crippen LogP contribution in [0.2, 0.25) is 0 Å². The third kappa shape index (κ3) is 3.51. The first-order chi connectivity index (χ1) is 10.3. The molecule has 0 heterocycles. The molecule has 0 aliphatic heterocycles. The van der Waals surface area contributed by atoms with E-state index in [-0.39, 0.29) is 0 Å². The van der Waals surface area contributed by atoms with Crippen LogP contribution in [-0.2, 0) is 4.89 Å². The van der Waals surface area contributed by atoms with E-state index in [0.717, 1.165) is 18.9 Å². The lowest BCUT2D eigenvalue weighted by Crippen LogP contribution is -2.47. The van der Waals surface area contributed by atoms with E-state index >= 15 is 0 Å². The van der Waals surface area contributed by atoms with Gasteiger partial charge < -0.3 is 0 Å². The van der Waals surface area contributed by atoms with Crippen LogP contribution in [0.3, 0.4) is 0 Å². The van der Waals surface area contributed by atoms with Gasteiger partial charge in [0, 0.05) is 5.41 Å². The Kier molecular flexibility index (Phi) is 6.55. The highest BCUT2D eigenvalue weighted by molar-refractivity contribution is 5.12. The monoisotopic (exact) mass is 328 g/mol. The van der Waals surface area contributed by atoms with Crippen LogP contribution in [0, 0.1) is 11.3 Å². The Bertz CT molecular complexity index is 412. The maximum absolute atomic E-state index is 14.2. The van der Waals surface area contributed by atoms with Crippen LogP contribution < -0.4 is 0 Å². The molecule has 1 fully saturated rings. The molecule has 0 spiro atoms. The quantitative estimate of drug-likeness (QED) is 0.267. The van der Waals surface area contributed by atoms with Gasteiger partial charge in [0.05, 0.1) is 5.92 Å². The summed E-state index contributed by atoms with van der Waals surface area (Å²) in [7, 11) is 0. The van der Waals surface area contributed by atoms with Gasteiger partial charge in [0.1, 0.15) is 6.10 Å². The summed E-state index contributed by atoms with van der Waals surface area (Å²) < 4.78 is 66.3. The second kappa shape index (κ2) is 7.55. The molecule has 1 aliphatic carbocycles. The minimum Gasteiger partial charge on any atom is -0.252 e. The van der Waals surface area contributed by atoms with Crippen LogP contribution >= 0.6 is 0 Å². The van der Waals surface area contributed by atoms with Gasteiger partial charge in [-0.15, -0.1) is 6.58 Å². The summed E-state index contributed by atoms with van der Waals surface area (Å²) >= 11 is 0. The summed E-state index contributed by atoms with van der Waals surface area (Å²) in [6, 6.07) is 0. The molecule has 1 saturated carbocycles. The van der Waals surface area contributed by atoms with Crippen molar-refractivity contribution in [2.75, 3.05) is 0 Å². The Morgan fingerprint density at radius 2 is 1.86 bits per heavy atom. The molecule has 0 aromatic carbocycles. The number of halogens is 5. The van der Waals surface area contributed by atoms with Crippen molar-refractivity contribution < 1.29 is 32.1 Å². The van der Waals surface area contributed by atoms with Gasteiger partial charge in [-0.2, -0.15) is 22.0 Å². The molecule has 0 amide bonds. The van der Waals surface area contributed by atoms with Gasteiger partial charge >= 0.3 is 12.0 Å². The lowest BCUT2D eigenvalue weighted by Gasteiger charge is -2.41. The molecule has 1 rings (SSSR count). The highest BCUT2D eigenvalue weighted by atomic mass is 19.3. The molecule has 0 aromatic heterocycles. The molecule has 2 unspecified atom stereocenters. The molecule has 128 valence electrons. The maximum Gasteiger partial charge on any atom is 0.309 e. The topological polar surface area (TPSA) is 29.5 Å². The number of hydrogen-bond donors (Lipinski definition) is 1. The third-order valence-corrected chi connectivity index (χ3v) is 4.73. The molecule has 2 atom stereocenters. The van der Waals surface area contributed by atoms with Crippen molar-refractivity contribution >= 4 is 0 Å². The van der Waals surface area contributed by atoms with Crippen LogP contribution in [0.1, 0.15) is 45.4 Å². The first-order valence-electron chi connectivity index (χ1n) is 7.27. The predicted octanol–water partition coefficient (Wildman–Crippen LogP) is 5.72. The molecule has 0 saturated heterocycles. The fourth-order valence-corrected chi connectivity index (χ4v) is 3.46. The molecule has 0 bridgehead atoms. The normalized spacial score (nSPS) is 20.5. The van der Waals surface area contributed by atoms with Crippen molar-refractivity contribution in [3.05, 3.63) is 24.6 Å². The molecule has 2 nitrogen and oxygen atoms in total. The zero-order chi connectivity index (χ0) is 17.0. The van der Waals surface area contributed by atoms with Gasteiger partial charge in [-0.05, 0) is 25.7 Å². The van der Waals surface area contributed by atoms with Crippen LogP contribution in [-0.4, -0.2) is 17.3 Å². The van der Waals surface area contributed by atoms with Crippen molar-refractivity contribution in [3.8, 4) is 0 Å². The van der Waals surface area contributed by atoms with E-state index in [9.17, 15) is 22.0 Å². The van der Waals surface area contributed by atoms with Gasteiger partial charge in [-0.3, -0.25) is 5.26 Å². The first kappa shape index (κ1) is 19.1. The highest BCUT2D eigenvalue weighted by Gasteiger charge is 2.56. The Hall–Kier alpha value is -0.950. The smallest absolute Gasteiger partial charge is 0.252 e. The van der Waals surface area contributed by atoms with Crippen LogP contribution in [0.25, 0.3) is 0 Å². The van der Waals surface area contributed by atoms with Gasteiger partial charge in [0.15, 0.2) is 0 Å². The zero-order valence-corrected chi connectivity index (χ0v) is 12.4.